The number of aliphatic hydroxyl groups is 1. The smallest absolute Gasteiger partial charge is 0.381 e. The number of quaternary nitrogens is 1. The van der Waals surface area contributed by atoms with Crippen molar-refractivity contribution in [3.63, 3.8) is 0 Å². The van der Waals surface area contributed by atoms with Gasteiger partial charge in [-0.15, -0.1) is 0 Å². The Morgan fingerprint density at radius 2 is 2.08 bits per heavy atom. The second-order valence-electron chi connectivity index (χ2n) is 6.14. The molecule has 0 saturated heterocycles. The summed E-state index contributed by atoms with van der Waals surface area (Å²) in [4.78, 5) is 11.6. The zero-order valence-corrected chi connectivity index (χ0v) is 17.2. The minimum absolute atomic E-state index is 0.104. The maximum atomic E-state index is 11.6. The van der Waals surface area contributed by atoms with Gasteiger partial charge in [-0.25, -0.2) is 4.79 Å². The molecule has 0 spiro atoms. The van der Waals surface area contributed by atoms with E-state index in [1.54, 1.807) is 12.1 Å². The second-order valence-corrected chi connectivity index (χ2v) is 8.55. The van der Waals surface area contributed by atoms with Gasteiger partial charge in [-0.05, 0) is 24.0 Å². The molecule has 0 radical (unpaired) electrons. The fourth-order valence-electron chi connectivity index (χ4n) is 1.60. The molecule has 1 rings (SSSR count). The summed E-state index contributed by atoms with van der Waals surface area (Å²) >= 11 is 2.22. The first-order chi connectivity index (χ1) is 11.7. The van der Waals surface area contributed by atoms with Crippen molar-refractivity contribution in [2.75, 3.05) is 47.1 Å². The van der Waals surface area contributed by atoms with Gasteiger partial charge in [-0.3, -0.25) is 4.72 Å². The van der Waals surface area contributed by atoms with Crippen LogP contribution in [0.3, 0.4) is 0 Å². The van der Waals surface area contributed by atoms with Crippen molar-refractivity contribution in [1.82, 2.24) is 4.72 Å². The number of nitrogens with one attached hydrogen (secondary N) is 1. The normalized spacial score (nSPS) is 12.7. The van der Waals surface area contributed by atoms with Gasteiger partial charge in [0, 0.05) is 6.54 Å². The predicted molar refractivity (Wildman–Crippen MR) is 105 cm³/mol. The summed E-state index contributed by atoms with van der Waals surface area (Å²) in [6, 6.07) is 4.64. The molecule has 3 N–H and O–H groups in total. The average Bonchev–Trinajstić information content (AvgIpc) is 2.52. The van der Waals surface area contributed by atoms with Crippen molar-refractivity contribution < 1.29 is 28.4 Å². The molecule has 1 aromatic carbocycles. The fraction of sp³-hybridized carbons (Fsp3) is 0.533. The molecule has 0 saturated carbocycles. The maximum Gasteiger partial charge on any atom is 0.381 e. The van der Waals surface area contributed by atoms with E-state index >= 15 is 0 Å². The van der Waals surface area contributed by atoms with Crippen LogP contribution in [0, 0.1) is 0 Å². The van der Waals surface area contributed by atoms with Gasteiger partial charge in [0.1, 0.15) is 24.2 Å². The number of likely N-dealkylation sites (N-methyl/N-ethyl adjacent to an activating group) is 1. The van der Waals surface area contributed by atoms with E-state index in [0.29, 0.717) is 29.7 Å². The van der Waals surface area contributed by atoms with Crippen LogP contribution in [0.5, 0.6) is 11.5 Å². The molecule has 1 atom stereocenters. The van der Waals surface area contributed by atoms with E-state index in [4.69, 9.17) is 8.92 Å². The Hall–Kier alpha value is -0.780. The SMILES string of the molecule is CSNCC(O)c1ccc(OSSC(=O)OCC[N+](C)(C)C)c(O)c1. The highest BCUT2D eigenvalue weighted by atomic mass is 33.1. The second kappa shape index (κ2) is 11.0. The van der Waals surface area contributed by atoms with Crippen LogP contribution >= 0.6 is 33.8 Å². The van der Waals surface area contributed by atoms with E-state index in [2.05, 4.69) is 4.72 Å². The summed E-state index contributed by atoms with van der Waals surface area (Å²) < 4.78 is 14.0. The maximum absolute atomic E-state index is 11.6. The van der Waals surface area contributed by atoms with Gasteiger partial charge in [0.25, 0.3) is 0 Å². The van der Waals surface area contributed by atoms with Crippen LogP contribution in [-0.4, -0.2) is 67.1 Å². The number of ether oxygens (including phenoxy) is 1. The third-order valence-corrected chi connectivity index (χ3v) is 4.84. The molecule has 0 aromatic heterocycles. The molecule has 0 aliphatic carbocycles. The Morgan fingerprint density at radius 3 is 2.68 bits per heavy atom. The van der Waals surface area contributed by atoms with E-state index in [-0.39, 0.29) is 11.5 Å². The zero-order valence-electron chi connectivity index (χ0n) is 14.7. The predicted octanol–water partition coefficient (Wildman–Crippen LogP) is 2.81. The lowest BCUT2D eigenvalue weighted by Crippen LogP contribution is -2.37. The summed E-state index contributed by atoms with van der Waals surface area (Å²) in [6.07, 6.45) is 1.13. The van der Waals surface area contributed by atoms with Crippen LogP contribution in [0.25, 0.3) is 0 Å². The van der Waals surface area contributed by atoms with Gasteiger partial charge in [0.05, 0.1) is 38.0 Å². The highest BCUT2D eigenvalue weighted by Gasteiger charge is 2.14. The van der Waals surface area contributed by atoms with Crippen LogP contribution in [0.4, 0.5) is 4.79 Å². The van der Waals surface area contributed by atoms with Crippen molar-refractivity contribution in [1.29, 1.82) is 0 Å². The van der Waals surface area contributed by atoms with Gasteiger partial charge >= 0.3 is 5.30 Å². The van der Waals surface area contributed by atoms with Gasteiger partial charge in [0.15, 0.2) is 11.5 Å². The van der Waals surface area contributed by atoms with Gasteiger partial charge in [-0.2, -0.15) is 0 Å². The van der Waals surface area contributed by atoms with Crippen molar-refractivity contribution in [2.45, 2.75) is 6.10 Å². The Balaban J connectivity index is 2.38. The summed E-state index contributed by atoms with van der Waals surface area (Å²) in [5, 5.41) is 19.5. The van der Waals surface area contributed by atoms with E-state index in [0.717, 1.165) is 21.9 Å². The highest BCUT2D eigenvalue weighted by Crippen LogP contribution is 2.35. The number of aromatic hydroxyl groups is 1. The number of nitrogens with zero attached hydrogens (tertiary/aromatic N) is 1. The molecule has 0 aliphatic heterocycles. The molecular formula is C15H25N2O5S3+. The van der Waals surface area contributed by atoms with Crippen LogP contribution in [0.2, 0.25) is 0 Å². The monoisotopic (exact) mass is 409 g/mol. The largest absolute Gasteiger partial charge is 0.504 e. The first kappa shape index (κ1) is 22.3. The number of phenolic OH excluding ortho intramolecular Hbond substituents is 1. The quantitative estimate of drug-likeness (QED) is 0.177. The Labute approximate surface area is 160 Å². The lowest BCUT2D eigenvalue weighted by atomic mass is 10.1. The Kier molecular flexibility index (Phi) is 9.83. The van der Waals surface area contributed by atoms with Crippen LogP contribution in [-0.2, 0) is 4.74 Å². The molecule has 10 heteroatoms. The highest BCUT2D eigenvalue weighted by molar-refractivity contribution is 8.80. The Bertz CT molecular complexity index is 554. The molecule has 0 fully saturated rings. The van der Waals surface area contributed by atoms with Crippen molar-refractivity contribution in [2.24, 2.45) is 0 Å². The molecule has 1 aromatic rings. The van der Waals surface area contributed by atoms with E-state index in [9.17, 15) is 15.0 Å². The minimum atomic E-state index is -0.731. The van der Waals surface area contributed by atoms with Crippen molar-refractivity contribution >= 4 is 39.1 Å². The van der Waals surface area contributed by atoms with Crippen molar-refractivity contribution in [3.8, 4) is 11.5 Å². The van der Waals surface area contributed by atoms with Crippen LogP contribution < -0.4 is 8.91 Å². The van der Waals surface area contributed by atoms with Gasteiger partial charge in [0.2, 0.25) is 0 Å². The third-order valence-electron chi connectivity index (χ3n) is 3.00. The zero-order chi connectivity index (χ0) is 18.9. The lowest BCUT2D eigenvalue weighted by Gasteiger charge is -2.23. The molecule has 0 amide bonds. The summed E-state index contributed by atoms with van der Waals surface area (Å²) in [5.74, 6) is 0.109. The van der Waals surface area contributed by atoms with Crippen LogP contribution in [0.15, 0.2) is 18.2 Å². The third kappa shape index (κ3) is 9.47. The number of phenols is 1. The molecule has 1 unspecified atom stereocenters. The minimum Gasteiger partial charge on any atom is -0.504 e. The average molecular weight is 410 g/mol. The molecule has 25 heavy (non-hydrogen) atoms. The van der Waals surface area contributed by atoms with E-state index in [1.165, 1.54) is 18.0 Å². The Morgan fingerprint density at radius 1 is 1.36 bits per heavy atom. The van der Waals surface area contributed by atoms with E-state index < -0.39 is 11.4 Å². The van der Waals surface area contributed by atoms with E-state index in [1.807, 2.05) is 27.4 Å². The van der Waals surface area contributed by atoms with Crippen LogP contribution in [0.1, 0.15) is 11.7 Å². The standard InChI is InChI=1S/C15H24N2O5S3/c1-17(2,3)7-8-21-15(20)24-25-22-14-6-5-11(9-12(14)18)13(19)10-16-23-4/h5-6,9,13,16,19H,7-8,10H2,1-4H3/p+1. The molecule has 0 bridgehead atoms. The number of hydrogen-bond donors (Lipinski definition) is 3. The number of hydrogen-bond acceptors (Lipinski definition) is 9. The summed E-state index contributed by atoms with van der Waals surface area (Å²) in [5.41, 5.74) is 0.573. The molecule has 142 valence electrons. The fourth-order valence-corrected chi connectivity index (χ4v) is 2.99. The van der Waals surface area contributed by atoms with Gasteiger partial charge in [-0.1, -0.05) is 18.0 Å². The first-order valence-corrected chi connectivity index (χ1v) is 10.8. The molecule has 7 nitrogen and oxygen atoms in total. The van der Waals surface area contributed by atoms with Crippen molar-refractivity contribution in [3.05, 3.63) is 23.8 Å². The number of carbonyl (C=O) groups excluding carboxylic acids is 1. The number of rotatable bonds is 10. The molecule has 0 aliphatic rings. The molecule has 0 heterocycles. The first-order valence-electron chi connectivity index (χ1n) is 7.48. The molecular weight excluding hydrogens is 384 g/mol. The number of benzene rings is 1. The lowest BCUT2D eigenvalue weighted by molar-refractivity contribution is -0.870. The number of aliphatic hydroxyl groups excluding tert-OH is 1. The van der Waals surface area contributed by atoms with Gasteiger partial charge < -0.3 is 23.6 Å². The number of carbonyl (C=O) groups is 1. The summed E-state index contributed by atoms with van der Waals surface area (Å²) in [6.45, 7) is 1.41. The topological polar surface area (TPSA) is 88.0 Å². The summed E-state index contributed by atoms with van der Waals surface area (Å²) in [7, 11) is 6.85.